The van der Waals surface area contributed by atoms with E-state index in [9.17, 15) is 0 Å². The summed E-state index contributed by atoms with van der Waals surface area (Å²) in [5.74, 6) is 0. The topological polar surface area (TPSA) is 32.2 Å². The standard InChI is InChI=1S/C59H40N2O/c1-38-13-2-5-18-47(38)49-34-33-46(37-55(49)53-23-12-22-52-50-19-6-8-25-56(50)60-58(52)53)61(45-17-10-16-42(36-45)43-28-27-39-14-3-4-15-41(39)35-43)44-31-29-40(30-32-44)48-21-11-24-54-51-20-7-9-26-57(51)62-59(48)54/h2-37,60H,1H3. The largest absolute Gasteiger partial charge is 0.455 e. The SMILES string of the molecule is Cc1ccccc1-c1ccc(N(c2ccc(-c3cccc4c3oc3ccccc34)cc2)c2cccc(-c3ccc4ccccc4c3)c2)cc1-c1cccc2c1[nH]c1ccccc12. The van der Waals surface area contributed by atoms with Crippen LogP contribution < -0.4 is 4.90 Å². The highest BCUT2D eigenvalue weighted by Crippen LogP contribution is 2.45. The molecule has 62 heavy (non-hydrogen) atoms. The van der Waals surface area contributed by atoms with Gasteiger partial charge in [-0.1, -0.05) is 164 Å². The molecule has 292 valence electrons. The Bertz CT molecular complexity index is 3660. The molecule has 0 radical (unpaired) electrons. The van der Waals surface area contributed by atoms with Crippen molar-refractivity contribution >= 4 is 71.6 Å². The molecule has 0 aliphatic rings. The highest BCUT2D eigenvalue weighted by molar-refractivity contribution is 6.13. The van der Waals surface area contributed by atoms with E-state index < -0.39 is 0 Å². The van der Waals surface area contributed by atoms with Crippen molar-refractivity contribution in [2.45, 2.75) is 6.92 Å². The number of furan rings is 1. The number of H-pyrrole nitrogens is 1. The normalized spacial score (nSPS) is 11.6. The van der Waals surface area contributed by atoms with Crippen LogP contribution in [0, 0.1) is 6.92 Å². The van der Waals surface area contributed by atoms with Crippen molar-refractivity contribution in [2.75, 3.05) is 4.90 Å². The number of benzene rings is 10. The van der Waals surface area contributed by atoms with Gasteiger partial charge < -0.3 is 14.3 Å². The first-order chi connectivity index (χ1) is 30.6. The number of nitrogens with zero attached hydrogens (tertiary/aromatic N) is 1. The number of fused-ring (bicyclic) bond motifs is 7. The zero-order valence-corrected chi connectivity index (χ0v) is 34.1. The number of nitrogens with one attached hydrogen (secondary N) is 1. The second-order valence-corrected chi connectivity index (χ2v) is 16.2. The van der Waals surface area contributed by atoms with Gasteiger partial charge in [0, 0.05) is 55.3 Å². The predicted octanol–water partition coefficient (Wildman–Crippen LogP) is 16.8. The molecule has 0 unspecified atom stereocenters. The van der Waals surface area contributed by atoms with Crippen molar-refractivity contribution < 1.29 is 4.42 Å². The van der Waals surface area contributed by atoms with Crippen LogP contribution in [0.1, 0.15) is 5.56 Å². The Labute approximate surface area is 359 Å². The quantitative estimate of drug-likeness (QED) is 0.174. The van der Waals surface area contributed by atoms with E-state index >= 15 is 0 Å². The minimum Gasteiger partial charge on any atom is -0.455 e. The molecule has 0 bridgehead atoms. The van der Waals surface area contributed by atoms with Gasteiger partial charge in [0.25, 0.3) is 0 Å². The lowest BCUT2D eigenvalue weighted by atomic mass is 9.90. The molecule has 3 heteroatoms. The summed E-state index contributed by atoms with van der Waals surface area (Å²) in [6.07, 6.45) is 0. The summed E-state index contributed by atoms with van der Waals surface area (Å²) in [5.41, 5.74) is 17.8. The molecule has 0 amide bonds. The maximum Gasteiger partial charge on any atom is 0.143 e. The van der Waals surface area contributed by atoms with Crippen LogP contribution in [0.15, 0.2) is 223 Å². The Morgan fingerprint density at radius 2 is 1.02 bits per heavy atom. The maximum atomic E-state index is 6.48. The van der Waals surface area contributed by atoms with E-state index in [4.69, 9.17) is 4.42 Å². The monoisotopic (exact) mass is 792 g/mol. The van der Waals surface area contributed by atoms with Gasteiger partial charge in [0.15, 0.2) is 0 Å². The van der Waals surface area contributed by atoms with Crippen LogP contribution >= 0.6 is 0 Å². The van der Waals surface area contributed by atoms with Gasteiger partial charge >= 0.3 is 0 Å². The van der Waals surface area contributed by atoms with Gasteiger partial charge in [0.05, 0.1) is 5.52 Å². The van der Waals surface area contributed by atoms with E-state index in [2.05, 4.69) is 223 Å². The summed E-state index contributed by atoms with van der Waals surface area (Å²) < 4.78 is 6.48. The fraction of sp³-hybridized carbons (Fsp3) is 0.0169. The van der Waals surface area contributed by atoms with Gasteiger partial charge in [-0.05, 0) is 111 Å². The van der Waals surface area contributed by atoms with Crippen molar-refractivity contribution in [1.82, 2.24) is 4.98 Å². The Morgan fingerprint density at radius 3 is 1.90 bits per heavy atom. The molecule has 0 fully saturated rings. The molecule has 12 rings (SSSR count). The number of aromatic nitrogens is 1. The minimum absolute atomic E-state index is 0.900. The molecular formula is C59H40N2O. The Balaban J connectivity index is 1.06. The summed E-state index contributed by atoms with van der Waals surface area (Å²) in [5, 5.41) is 7.16. The van der Waals surface area contributed by atoms with Crippen LogP contribution in [-0.2, 0) is 0 Å². The number of hydrogen-bond donors (Lipinski definition) is 1. The van der Waals surface area contributed by atoms with Crippen LogP contribution in [0.25, 0.3) is 99.0 Å². The molecule has 3 nitrogen and oxygen atoms in total. The molecule has 10 aromatic carbocycles. The number of para-hydroxylation sites is 4. The lowest BCUT2D eigenvalue weighted by Gasteiger charge is -2.28. The van der Waals surface area contributed by atoms with Gasteiger partial charge in [-0.2, -0.15) is 0 Å². The Hall–Kier alpha value is -8.14. The van der Waals surface area contributed by atoms with E-state index in [1.54, 1.807) is 0 Å². The number of aryl methyl sites for hydroxylation is 1. The molecule has 1 N–H and O–H groups in total. The third kappa shape index (κ3) is 5.97. The van der Waals surface area contributed by atoms with Gasteiger partial charge in [-0.25, -0.2) is 0 Å². The van der Waals surface area contributed by atoms with Crippen molar-refractivity contribution in [3.05, 3.63) is 224 Å². The van der Waals surface area contributed by atoms with Crippen molar-refractivity contribution in [3.8, 4) is 44.5 Å². The number of aromatic amines is 1. The van der Waals surface area contributed by atoms with Crippen LogP contribution in [0.2, 0.25) is 0 Å². The lowest BCUT2D eigenvalue weighted by molar-refractivity contribution is 0.670. The van der Waals surface area contributed by atoms with Crippen molar-refractivity contribution in [2.24, 2.45) is 0 Å². The molecule has 0 aliphatic heterocycles. The first kappa shape index (κ1) is 35.8. The van der Waals surface area contributed by atoms with Crippen LogP contribution in [0.3, 0.4) is 0 Å². The molecule has 0 aliphatic carbocycles. The highest BCUT2D eigenvalue weighted by Gasteiger charge is 2.21. The summed E-state index contributed by atoms with van der Waals surface area (Å²) in [6, 6.07) is 78.9. The predicted molar refractivity (Wildman–Crippen MR) is 262 cm³/mol. The van der Waals surface area contributed by atoms with E-state index in [-0.39, 0.29) is 0 Å². The third-order valence-corrected chi connectivity index (χ3v) is 12.6. The first-order valence-corrected chi connectivity index (χ1v) is 21.2. The fourth-order valence-electron chi connectivity index (χ4n) is 9.51. The first-order valence-electron chi connectivity index (χ1n) is 21.2. The minimum atomic E-state index is 0.900. The molecule has 0 saturated carbocycles. The van der Waals surface area contributed by atoms with Gasteiger partial charge in [0.1, 0.15) is 11.2 Å². The summed E-state index contributed by atoms with van der Waals surface area (Å²) in [6.45, 7) is 2.20. The van der Waals surface area contributed by atoms with Gasteiger partial charge in [-0.3, -0.25) is 0 Å². The second kappa shape index (κ2) is 14.5. The van der Waals surface area contributed by atoms with Crippen LogP contribution in [0.5, 0.6) is 0 Å². The van der Waals surface area contributed by atoms with Crippen molar-refractivity contribution in [1.29, 1.82) is 0 Å². The maximum absolute atomic E-state index is 6.48. The Morgan fingerprint density at radius 1 is 0.371 bits per heavy atom. The van der Waals surface area contributed by atoms with E-state index in [1.165, 1.54) is 43.8 Å². The van der Waals surface area contributed by atoms with Crippen LogP contribution in [0.4, 0.5) is 17.1 Å². The summed E-state index contributed by atoms with van der Waals surface area (Å²) >= 11 is 0. The van der Waals surface area contributed by atoms with E-state index in [0.29, 0.717) is 0 Å². The molecular weight excluding hydrogens is 753 g/mol. The average Bonchev–Trinajstić information content (AvgIpc) is 3.91. The lowest BCUT2D eigenvalue weighted by Crippen LogP contribution is -2.10. The highest BCUT2D eigenvalue weighted by atomic mass is 16.3. The molecule has 0 atom stereocenters. The number of anilines is 3. The zero-order chi connectivity index (χ0) is 41.1. The fourth-order valence-corrected chi connectivity index (χ4v) is 9.51. The molecule has 2 heterocycles. The molecule has 2 aromatic heterocycles. The number of hydrogen-bond acceptors (Lipinski definition) is 2. The summed E-state index contributed by atoms with van der Waals surface area (Å²) in [7, 11) is 0. The second-order valence-electron chi connectivity index (χ2n) is 16.2. The van der Waals surface area contributed by atoms with Crippen molar-refractivity contribution in [3.63, 3.8) is 0 Å². The van der Waals surface area contributed by atoms with Crippen LogP contribution in [-0.4, -0.2) is 4.98 Å². The molecule has 12 aromatic rings. The summed E-state index contributed by atoms with van der Waals surface area (Å²) in [4.78, 5) is 6.21. The zero-order valence-electron chi connectivity index (χ0n) is 34.1. The molecule has 0 saturated heterocycles. The Kier molecular flexibility index (Phi) is 8.39. The third-order valence-electron chi connectivity index (χ3n) is 12.6. The smallest absolute Gasteiger partial charge is 0.143 e. The molecule has 0 spiro atoms. The average molecular weight is 793 g/mol. The number of rotatable bonds is 7. The van der Waals surface area contributed by atoms with E-state index in [0.717, 1.165) is 77.9 Å². The van der Waals surface area contributed by atoms with E-state index in [1.807, 2.05) is 12.1 Å². The van der Waals surface area contributed by atoms with Gasteiger partial charge in [0.2, 0.25) is 0 Å². The van der Waals surface area contributed by atoms with Gasteiger partial charge in [-0.15, -0.1) is 0 Å².